The lowest BCUT2D eigenvalue weighted by Crippen LogP contribution is -1.96. The van der Waals surface area contributed by atoms with Crippen LogP contribution in [0, 0.1) is 5.82 Å². The molecule has 2 heterocycles. The van der Waals surface area contributed by atoms with Crippen LogP contribution in [0.4, 0.5) is 15.9 Å². The minimum atomic E-state index is -0.287. The minimum absolute atomic E-state index is 0.140. The summed E-state index contributed by atoms with van der Waals surface area (Å²) < 4.78 is 13.2. The quantitative estimate of drug-likeness (QED) is 0.363. The lowest BCUT2D eigenvalue weighted by molar-refractivity contribution is 0.475. The fourth-order valence-electron chi connectivity index (χ4n) is 2.53. The van der Waals surface area contributed by atoms with E-state index in [9.17, 15) is 9.50 Å². The lowest BCUT2D eigenvalue weighted by atomic mass is 10.1. The molecule has 4 rings (SSSR count). The first-order valence-corrected chi connectivity index (χ1v) is 8.62. The highest BCUT2D eigenvalue weighted by Crippen LogP contribution is 2.38. The van der Waals surface area contributed by atoms with Crippen LogP contribution in [0.2, 0.25) is 5.28 Å². The number of hydrogen-bond donors (Lipinski definition) is 2. The van der Waals surface area contributed by atoms with E-state index in [-0.39, 0.29) is 16.9 Å². The molecule has 4 aromatic rings. The summed E-state index contributed by atoms with van der Waals surface area (Å²) in [5, 5.41) is 15.5. The van der Waals surface area contributed by atoms with Gasteiger partial charge in [0.2, 0.25) is 5.28 Å². The predicted molar refractivity (Wildman–Crippen MR) is 99.2 cm³/mol. The largest absolute Gasteiger partial charge is 0.508 e. The topological polar surface area (TPSA) is 58.0 Å². The Morgan fingerprint density at radius 3 is 2.44 bits per heavy atom. The number of phenols is 1. The summed E-state index contributed by atoms with van der Waals surface area (Å²) in [5.74, 6) is 0.449. The van der Waals surface area contributed by atoms with E-state index < -0.39 is 0 Å². The van der Waals surface area contributed by atoms with E-state index in [0.29, 0.717) is 5.82 Å². The second-order valence-electron chi connectivity index (χ2n) is 5.35. The van der Waals surface area contributed by atoms with Gasteiger partial charge in [-0.25, -0.2) is 9.37 Å². The zero-order valence-corrected chi connectivity index (χ0v) is 14.3. The number of phenolic OH excluding ortho intramolecular Hbond substituents is 1. The van der Waals surface area contributed by atoms with E-state index in [1.165, 1.54) is 23.5 Å². The number of anilines is 2. The number of aromatic hydroxyl groups is 1. The molecule has 0 saturated heterocycles. The zero-order chi connectivity index (χ0) is 17.4. The third kappa shape index (κ3) is 3.14. The number of fused-ring (bicyclic) bond motifs is 1. The standard InChI is InChI=1S/C18H11ClFN3OS/c19-18-22-16(21-12-5-7-13(24)8-6-12)15-14(9-25-17(15)23-18)10-1-3-11(20)4-2-10/h1-9,24H,(H,21,22,23). The molecule has 0 saturated carbocycles. The van der Waals surface area contributed by atoms with Gasteiger partial charge in [0.05, 0.1) is 5.39 Å². The van der Waals surface area contributed by atoms with Crippen molar-refractivity contribution in [1.29, 1.82) is 0 Å². The molecule has 124 valence electrons. The van der Waals surface area contributed by atoms with Crippen LogP contribution in [0.3, 0.4) is 0 Å². The van der Waals surface area contributed by atoms with Gasteiger partial charge < -0.3 is 10.4 Å². The van der Waals surface area contributed by atoms with Crippen molar-refractivity contribution >= 4 is 44.7 Å². The van der Waals surface area contributed by atoms with Crippen molar-refractivity contribution in [2.45, 2.75) is 0 Å². The number of aromatic nitrogens is 2. The SMILES string of the molecule is Oc1ccc(Nc2nc(Cl)nc3scc(-c4ccc(F)cc4)c23)cc1. The van der Waals surface area contributed by atoms with E-state index in [4.69, 9.17) is 11.6 Å². The Hall–Kier alpha value is -2.70. The number of benzene rings is 2. The van der Waals surface area contributed by atoms with Gasteiger partial charge in [-0.15, -0.1) is 11.3 Å². The highest BCUT2D eigenvalue weighted by molar-refractivity contribution is 7.17. The number of rotatable bonds is 3. The molecule has 0 radical (unpaired) electrons. The normalized spacial score (nSPS) is 11.0. The number of halogens is 2. The summed E-state index contributed by atoms with van der Waals surface area (Å²) in [4.78, 5) is 9.32. The molecule has 4 nitrogen and oxygen atoms in total. The van der Waals surface area contributed by atoms with Crippen LogP contribution in [-0.4, -0.2) is 15.1 Å². The summed E-state index contributed by atoms with van der Waals surface area (Å²) >= 11 is 7.49. The lowest BCUT2D eigenvalue weighted by Gasteiger charge is -2.09. The molecule has 2 aromatic heterocycles. The first-order chi connectivity index (χ1) is 12.1. The van der Waals surface area contributed by atoms with Gasteiger partial charge in [0.25, 0.3) is 0 Å². The molecule has 0 unspecified atom stereocenters. The maximum Gasteiger partial charge on any atom is 0.225 e. The molecular weight excluding hydrogens is 361 g/mol. The number of nitrogens with one attached hydrogen (secondary N) is 1. The highest BCUT2D eigenvalue weighted by Gasteiger charge is 2.15. The van der Waals surface area contributed by atoms with Crippen LogP contribution in [0.5, 0.6) is 5.75 Å². The smallest absolute Gasteiger partial charge is 0.225 e. The molecule has 0 spiro atoms. The molecule has 0 aliphatic rings. The van der Waals surface area contributed by atoms with Gasteiger partial charge in [0, 0.05) is 16.6 Å². The molecule has 0 aliphatic carbocycles. The first-order valence-electron chi connectivity index (χ1n) is 7.37. The summed E-state index contributed by atoms with van der Waals surface area (Å²) in [6.45, 7) is 0. The van der Waals surface area contributed by atoms with E-state index in [0.717, 1.165) is 27.0 Å². The third-order valence-corrected chi connectivity index (χ3v) is 4.73. The van der Waals surface area contributed by atoms with E-state index in [1.54, 1.807) is 36.4 Å². The van der Waals surface area contributed by atoms with Crippen molar-refractivity contribution in [3.8, 4) is 16.9 Å². The maximum atomic E-state index is 13.2. The predicted octanol–water partition coefficient (Wildman–Crippen LogP) is 5.60. The molecular formula is C18H11ClFN3OS. The summed E-state index contributed by atoms with van der Waals surface area (Å²) in [6, 6.07) is 12.9. The van der Waals surface area contributed by atoms with Crippen LogP contribution in [0.15, 0.2) is 53.9 Å². The maximum absolute atomic E-state index is 13.2. The second-order valence-corrected chi connectivity index (χ2v) is 6.55. The van der Waals surface area contributed by atoms with Gasteiger partial charge in [-0.3, -0.25) is 0 Å². The van der Waals surface area contributed by atoms with Gasteiger partial charge in [-0.2, -0.15) is 4.98 Å². The number of thiophene rings is 1. The minimum Gasteiger partial charge on any atom is -0.508 e. The van der Waals surface area contributed by atoms with Crippen molar-refractivity contribution in [2.24, 2.45) is 0 Å². The third-order valence-electron chi connectivity index (χ3n) is 3.69. The number of hydrogen-bond acceptors (Lipinski definition) is 5. The Bertz CT molecular complexity index is 1050. The molecule has 25 heavy (non-hydrogen) atoms. The molecule has 7 heteroatoms. The Morgan fingerprint density at radius 2 is 1.72 bits per heavy atom. The Kier molecular flexibility index (Phi) is 3.99. The molecule has 0 aliphatic heterocycles. The van der Waals surface area contributed by atoms with Crippen LogP contribution >= 0.6 is 22.9 Å². The Balaban J connectivity index is 1.86. The van der Waals surface area contributed by atoms with Crippen molar-refractivity contribution in [3.05, 3.63) is 65.0 Å². The van der Waals surface area contributed by atoms with Crippen molar-refractivity contribution in [2.75, 3.05) is 5.32 Å². The molecule has 0 amide bonds. The monoisotopic (exact) mass is 371 g/mol. The van der Waals surface area contributed by atoms with Gasteiger partial charge in [0.1, 0.15) is 22.2 Å². The van der Waals surface area contributed by atoms with E-state index >= 15 is 0 Å². The zero-order valence-electron chi connectivity index (χ0n) is 12.7. The summed E-state index contributed by atoms with van der Waals surface area (Å²) in [5.41, 5.74) is 2.52. The van der Waals surface area contributed by atoms with Gasteiger partial charge in [0.15, 0.2) is 0 Å². The van der Waals surface area contributed by atoms with E-state index in [2.05, 4.69) is 15.3 Å². The fourth-order valence-corrected chi connectivity index (χ4v) is 3.70. The number of nitrogens with zero attached hydrogens (tertiary/aromatic N) is 2. The molecule has 2 N–H and O–H groups in total. The van der Waals surface area contributed by atoms with Crippen LogP contribution in [0.25, 0.3) is 21.3 Å². The van der Waals surface area contributed by atoms with Gasteiger partial charge >= 0.3 is 0 Å². The summed E-state index contributed by atoms with van der Waals surface area (Å²) in [7, 11) is 0. The van der Waals surface area contributed by atoms with Crippen LogP contribution < -0.4 is 5.32 Å². The van der Waals surface area contributed by atoms with Crippen molar-refractivity contribution < 1.29 is 9.50 Å². The van der Waals surface area contributed by atoms with Crippen molar-refractivity contribution in [1.82, 2.24) is 9.97 Å². The highest BCUT2D eigenvalue weighted by atomic mass is 35.5. The first kappa shape index (κ1) is 15.8. The molecule has 2 aromatic carbocycles. The van der Waals surface area contributed by atoms with Crippen molar-refractivity contribution in [3.63, 3.8) is 0 Å². The van der Waals surface area contributed by atoms with Gasteiger partial charge in [-0.05, 0) is 53.6 Å². The fraction of sp³-hybridized carbons (Fsp3) is 0. The molecule has 0 atom stereocenters. The Labute approximate surface area is 151 Å². The van der Waals surface area contributed by atoms with Crippen LogP contribution in [-0.2, 0) is 0 Å². The summed E-state index contributed by atoms with van der Waals surface area (Å²) in [6.07, 6.45) is 0. The van der Waals surface area contributed by atoms with E-state index in [1.807, 2.05) is 5.38 Å². The molecule has 0 bridgehead atoms. The van der Waals surface area contributed by atoms with Gasteiger partial charge in [-0.1, -0.05) is 12.1 Å². The average molecular weight is 372 g/mol. The molecule has 0 fully saturated rings. The average Bonchev–Trinajstić information content (AvgIpc) is 3.01. The Morgan fingerprint density at radius 1 is 1.00 bits per heavy atom. The van der Waals surface area contributed by atoms with Crippen LogP contribution in [0.1, 0.15) is 0 Å². The second kappa shape index (κ2) is 6.31.